The van der Waals surface area contributed by atoms with Crippen LogP contribution in [0.5, 0.6) is 0 Å². The molecule has 1 aliphatic rings. The molecule has 0 amide bonds. The number of nitrogens with zero attached hydrogens (tertiary/aromatic N) is 1. The van der Waals surface area contributed by atoms with Gasteiger partial charge >= 0.3 is 0 Å². The van der Waals surface area contributed by atoms with Crippen LogP contribution in [0.1, 0.15) is 25.1 Å². The maximum Gasteiger partial charge on any atom is 0.191 e. The first kappa shape index (κ1) is 16.3. The fourth-order valence-corrected chi connectivity index (χ4v) is 4.75. The van der Waals surface area contributed by atoms with Gasteiger partial charge in [0.1, 0.15) is 0 Å². The zero-order chi connectivity index (χ0) is 15.3. The standard InChI is InChI=1S/C14H23N3O2S2/c1-11(2)17-14(16-9-13-4-3-6-20-13)15-8-12-5-7-21(18,19)10-12/h3-4,6,11-12H,5,7-10H2,1-2H3,(H2,15,16,17). The molecule has 2 rings (SSSR count). The lowest BCUT2D eigenvalue weighted by atomic mass is 10.1. The molecule has 1 atom stereocenters. The molecule has 0 spiro atoms. The number of hydrogen-bond donors (Lipinski definition) is 2. The Labute approximate surface area is 130 Å². The van der Waals surface area contributed by atoms with Gasteiger partial charge in [-0.15, -0.1) is 11.3 Å². The van der Waals surface area contributed by atoms with Crippen LogP contribution in [0.2, 0.25) is 0 Å². The third kappa shape index (κ3) is 5.67. The molecule has 2 heterocycles. The van der Waals surface area contributed by atoms with E-state index >= 15 is 0 Å². The van der Waals surface area contributed by atoms with Crippen molar-refractivity contribution in [1.82, 2.24) is 10.6 Å². The van der Waals surface area contributed by atoms with Gasteiger partial charge in [0.2, 0.25) is 0 Å². The smallest absolute Gasteiger partial charge is 0.191 e. The highest BCUT2D eigenvalue weighted by molar-refractivity contribution is 7.91. The largest absolute Gasteiger partial charge is 0.356 e. The predicted molar refractivity (Wildman–Crippen MR) is 88.5 cm³/mol. The van der Waals surface area contributed by atoms with Crippen molar-refractivity contribution < 1.29 is 8.42 Å². The highest BCUT2D eigenvalue weighted by atomic mass is 32.2. The Kier molecular flexibility index (Phi) is 5.64. The van der Waals surface area contributed by atoms with Crippen LogP contribution >= 0.6 is 11.3 Å². The SMILES string of the molecule is CC(C)NC(=NCc1cccs1)NCC1CCS(=O)(=O)C1. The highest BCUT2D eigenvalue weighted by Gasteiger charge is 2.27. The van der Waals surface area contributed by atoms with Crippen LogP contribution < -0.4 is 10.6 Å². The van der Waals surface area contributed by atoms with E-state index in [4.69, 9.17) is 0 Å². The Bertz CT molecular complexity index is 565. The zero-order valence-corrected chi connectivity index (χ0v) is 14.1. The fourth-order valence-electron chi connectivity index (χ4n) is 2.26. The third-order valence-corrected chi connectivity index (χ3v) is 5.98. The fraction of sp³-hybridized carbons (Fsp3) is 0.643. The second kappa shape index (κ2) is 7.26. The van der Waals surface area contributed by atoms with Gasteiger partial charge in [-0.1, -0.05) is 6.07 Å². The maximum absolute atomic E-state index is 11.5. The second-order valence-electron chi connectivity index (χ2n) is 5.69. The van der Waals surface area contributed by atoms with Crippen molar-refractivity contribution in [3.05, 3.63) is 22.4 Å². The minimum Gasteiger partial charge on any atom is -0.356 e. The second-order valence-corrected chi connectivity index (χ2v) is 8.95. The van der Waals surface area contributed by atoms with Crippen LogP contribution in [0.4, 0.5) is 0 Å². The maximum atomic E-state index is 11.5. The molecule has 0 bridgehead atoms. The van der Waals surface area contributed by atoms with Gasteiger partial charge in [0.25, 0.3) is 0 Å². The average Bonchev–Trinajstić information content (AvgIpc) is 3.01. The minimum atomic E-state index is -2.81. The molecule has 1 aromatic heterocycles. The Morgan fingerprint density at radius 2 is 2.33 bits per heavy atom. The van der Waals surface area contributed by atoms with E-state index in [0.717, 1.165) is 12.4 Å². The van der Waals surface area contributed by atoms with Crippen molar-refractivity contribution in [1.29, 1.82) is 0 Å². The molecule has 7 heteroatoms. The summed E-state index contributed by atoms with van der Waals surface area (Å²) in [5.74, 6) is 1.55. The molecule has 21 heavy (non-hydrogen) atoms. The van der Waals surface area contributed by atoms with E-state index in [-0.39, 0.29) is 12.0 Å². The number of thiophene rings is 1. The summed E-state index contributed by atoms with van der Waals surface area (Å²) in [4.78, 5) is 5.77. The number of sulfone groups is 1. The summed E-state index contributed by atoms with van der Waals surface area (Å²) in [6.45, 7) is 5.41. The van der Waals surface area contributed by atoms with E-state index in [1.54, 1.807) is 11.3 Å². The molecule has 0 aliphatic carbocycles. The Morgan fingerprint density at radius 3 is 2.90 bits per heavy atom. The number of aliphatic imine (C=N–C) groups is 1. The predicted octanol–water partition coefficient (Wildman–Crippen LogP) is 1.63. The van der Waals surface area contributed by atoms with Crippen LogP contribution in [0.3, 0.4) is 0 Å². The zero-order valence-electron chi connectivity index (χ0n) is 12.5. The van der Waals surface area contributed by atoms with Crippen LogP contribution in [0, 0.1) is 5.92 Å². The lowest BCUT2D eigenvalue weighted by Crippen LogP contribution is -2.43. The van der Waals surface area contributed by atoms with E-state index in [0.29, 0.717) is 24.6 Å². The lowest BCUT2D eigenvalue weighted by molar-refractivity contribution is 0.562. The van der Waals surface area contributed by atoms with E-state index in [1.165, 1.54) is 4.88 Å². The summed E-state index contributed by atoms with van der Waals surface area (Å²) in [5.41, 5.74) is 0. The monoisotopic (exact) mass is 329 g/mol. The van der Waals surface area contributed by atoms with Crippen molar-refractivity contribution >= 4 is 27.1 Å². The summed E-state index contributed by atoms with van der Waals surface area (Å²) >= 11 is 1.68. The Morgan fingerprint density at radius 1 is 1.52 bits per heavy atom. The molecule has 118 valence electrons. The first-order valence-corrected chi connectivity index (χ1v) is 9.92. The van der Waals surface area contributed by atoms with Gasteiger partial charge in [-0.3, -0.25) is 0 Å². The summed E-state index contributed by atoms with van der Waals surface area (Å²) in [6.07, 6.45) is 0.745. The highest BCUT2D eigenvalue weighted by Crippen LogP contribution is 2.17. The summed E-state index contributed by atoms with van der Waals surface area (Å²) in [5, 5.41) is 8.59. The molecular formula is C14H23N3O2S2. The first-order valence-electron chi connectivity index (χ1n) is 7.22. The van der Waals surface area contributed by atoms with Gasteiger partial charge in [0.15, 0.2) is 15.8 Å². The van der Waals surface area contributed by atoms with E-state index in [9.17, 15) is 8.42 Å². The summed E-state index contributed by atoms with van der Waals surface area (Å²) in [7, 11) is -2.81. The van der Waals surface area contributed by atoms with Gasteiger partial charge in [-0.25, -0.2) is 13.4 Å². The van der Waals surface area contributed by atoms with Gasteiger partial charge in [0, 0.05) is 17.5 Å². The average molecular weight is 329 g/mol. The molecule has 1 aromatic rings. The summed E-state index contributed by atoms with van der Waals surface area (Å²) < 4.78 is 22.9. The molecule has 1 fully saturated rings. The number of guanidine groups is 1. The normalized spacial score (nSPS) is 21.7. The topological polar surface area (TPSA) is 70.6 Å². The van der Waals surface area contributed by atoms with Crippen molar-refractivity contribution in [2.24, 2.45) is 10.9 Å². The third-order valence-electron chi connectivity index (χ3n) is 3.28. The molecule has 1 aliphatic heterocycles. The van der Waals surface area contributed by atoms with E-state index < -0.39 is 9.84 Å². The van der Waals surface area contributed by atoms with Gasteiger partial charge in [0.05, 0.1) is 18.1 Å². The quantitative estimate of drug-likeness (QED) is 0.636. The first-order chi connectivity index (χ1) is 9.94. The van der Waals surface area contributed by atoms with E-state index in [1.807, 2.05) is 11.4 Å². The van der Waals surface area contributed by atoms with E-state index in [2.05, 4.69) is 35.5 Å². The van der Waals surface area contributed by atoms with Crippen molar-refractivity contribution in [2.75, 3.05) is 18.1 Å². The molecule has 0 radical (unpaired) electrons. The molecule has 2 N–H and O–H groups in total. The van der Waals surface area contributed by atoms with Crippen molar-refractivity contribution in [2.45, 2.75) is 32.9 Å². The lowest BCUT2D eigenvalue weighted by Gasteiger charge is -2.17. The molecule has 1 unspecified atom stereocenters. The van der Waals surface area contributed by atoms with Crippen LogP contribution in [-0.4, -0.2) is 38.5 Å². The number of rotatable bonds is 5. The van der Waals surface area contributed by atoms with Gasteiger partial charge < -0.3 is 10.6 Å². The molecule has 0 saturated carbocycles. The Balaban J connectivity index is 1.88. The Hall–Kier alpha value is -1.08. The van der Waals surface area contributed by atoms with Crippen molar-refractivity contribution in [3.63, 3.8) is 0 Å². The number of hydrogen-bond acceptors (Lipinski definition) is 4. The summed E-state index contributed by atoms with van der Waals surface area (Å²) in [6, 6.07) is 4.36. The molecular weight excluding hydrogens is 306 g/mol. The van der Waals surface area contributed by atoms with Gasteiger partial charge in [-0.2, -0.15) is 0 Å². The van der Waals surface area contributed by atoms with Crippen molar-refractivity contribution in [3.8, 4) is 0 Å². The van der Waals surface area contributed by atoms with Gasteiger partial charge in [-0.05, 0) is 37.6 Å². The van der Waals surface area contributed by atoms with Crippen LogP contribution in [0.15, 0.2) is 22.5 Å². The molecule has 5 nitrogen and oxygen atoms in total. The minimum absolute atomic E-state index is 0.191. The molecule has 0 aromatic carbocycles. The van der Waals surface area contributed by atoms with Crippen LogP contribution in [0.25, 0.3) is 0 Å². The van der Waals surface area contributed by atoms with Crippen LogP contribution in [-0.2, 0) is 16.4 Å². The number of nitrogens with one attached hydrogen (secondary N) is 2. The molecule has 1 saturated heterocycles.